The van der Waals surface area contributed by atoms with Gasteiger partial charge >= 0.3 is 0 Å². The van der Waals surface area contributed by atoms with Gasteiger partial charge < -0.3 is 5.32 Å². The van der Waals surface area contributed by atoms with E-state index >= 15 is 0 Å². The number of fused-ring (bicyclic) bond motifs is 9. The molecule has 0 spiro atoms. The van der Waals surface area contributed by atoms with Crippen molar-refractivity contribution in [3.8, 4) is 0 Å². The van der Waals surface area contributed by atoms with Crippen LogP contribution in [0.4, 0.5) is 0 Å². The van der Waals surface area contributed by atoms with Gasteiger partial charge in [-0.1, -0.05) is 41.0 Å². The molecular weight excluding hydrogens is 294 g/mol. The smallest absolute Gasteiger partial charge is 0.223 e. The van der Waals surface area contributed by atoms with Gasteiger partial charge in [0.05, 0.1) is 0 Å². The molecule has 4 aliphatic carbocycles. The van der Waals surface area contributed by atoms with Crippen molar-refractivity contribution < 1.29 is 4.79 Å². The van der Waals surface area contributed by atoms with Gasteiger partial charge in [0.2, 0.25) is 5.91 Å². The van der Waals surface area contributed by atoms with Crippen molar-refractivity contribution in [1.82, 2.24) is 5.32 Å². The molecule has 1 N–H and O–H groups in total. The third-order valence-electron chi connectivity index (χ3n) is 9.20. The Labute approximate surface area is 148 Å². The lowest BCUT2D eigenvalue weighted by Gasteiger charge is -2.51. The lowest BCUT2D eigenvalue weighted by molar-refractivity contribution is -0.129. The minimum Gasteiger partial charge on any atom is -0.359 e. The van der Waals surface area contributed by atoms with Crippen LogP contribution in [-0.4, -0.2) is 13.0 Å². The molecule has 9 atom stereocenters. The summed E-state index contributed by atoms with van der Waals surface area (Å²) >= 11 is 0. The normalized spacial score (nSPS) is 49.0. The van der Waals surface area contributed by atoms with Crippen molar-refractivity contribution in [2.75, 3.05) is 7.05 Å². The molecule has 0 heterocycles. The van der Waals surface area contributed by atoms with E-state index in [4.69, 9.17) is 0 Å². The standard InChI is InChI=1S/C22H37NO/c1-7-22(4,5)20-16-10-15(17(20)11(2)3)18-12-8-13(19(16)18)14(9-12)21(24)23-6/h11-20H,7-10H2,1-6H3,(H,23,24). The minimum atomic E-state index is 0.323. The Balaban J connectivity index is 1.67. The van der Waals surface area contributed by atoms with E-state index < -0.39 is 0 Å². The monoisotopic (exact) mass is 331 g/mol. The Morgan fingerprint density at radius 3 is 2.38 bits per heavy atom. The number of nitrogens with one attached hydrogen (secondary N) is 1. The molecule has 0 aromatic heterocycles. The molecular formula is C22H37NO. The van der Waals surface area contributed by atoms with Gasteiger partial charge in [0, 0.05) is 13.0 Å². The fraction of sp³-hybridized carbons (Fsp3) is 0.955. The van der Waals surface area contributed by atoms with Gasteiger partial charge in [0.15, 0.2) is 0 Å². The molecule has 9 unspecified atom stereocenters. The maximum Gasteiger partial charge on any atom is 0.223 e. The van der Waals surface area contributed by atoms with Crippen LogP contribution in [0.25, 0.3) is 0 Å². The Bertz CT molecular complexity index is 524. The summed E-state index contributed by atoms with van der Waals surface area (Å²) in [5.41, 5.74) is 0.448. The summed E-state index contributed by atoms with van der Waals surface area (Å²) in [7, 11) is 1.82. The molecule has 4 saturated carbocycles. The summed E-state index contributed by atoms with van der Waals surface area (Å²) < 4.78 is 0. The summed E-state index contributed by atoms with van der Waals surface area (Å²) in [5, 5.41) is 2.96. The Hall–Kier alpha value is -0.530. The van der Waals surface area contributed by atoms with Crippen LogP contribution in [-0.2, 0) is 4.79 Å². The van der Waals surface area contributed by atoms with Crippen LogP contribution in [0.5, 0.6) is 0 Å². The van der Waals surface area contributed by atoms with Gasteiger partial charge in [-0.15, -0.1) is 0 Å². The van der Waals surface area contributed by atoms with Gasteiger partial charge in [-0.05, 0) is 77.9 Å². The second kappa shape index (κ2) is 5.48. The van der Waals surface area contributed by atoms with E-state index in [1.54, 1.807) is 0 Å². The molecule has 4 aliphatic rings. The van der Waals surface area contributed by atoms with E-state index in [0.717, 1.165) is 47.3 Å². The van der Waals surface area contributed by atoms with Crippen molar-refractivity contribution in [1.29, 1.82) is 0 Å². The Morgan fingerprint density at radius 1 is 1.08 bits per heavy atom. The second-order valence-electron chi connectivity index (χ2n) is 10.5. The quantitative estimate of drug-likeness (QED) is 0.750. The SMILES string of the molecule is CCC(C)(C)C1C2CC(C3C4CC(C(=O)NC)C(C4)C23)C1C(C)C. The lowest BCUT2D eigenvalue weighted by atomic mass is 9.53. The number of carbonyl (C=O) groups excluding carboxylic acids is 1. The first-order valence-electron chi connectivity index (χ1n) is 10.5. The highest BCUT2D eigenvalue weighted by molar-refractivity contribution is 5.79. The van der Waals surface area contributed by atoms with Crippen molar-refractivity contribution >= 4 is 5.91 Å². The molecule has 4 rings (SSSR count). The number of hydrogen-bond acceptors (Lipinski definition) is 1. The highest BCUT2D eigenvalue weighted by atomic mass is 16.1. The first-order valence-corrected chi connectivity index (χ1v) is 10.5. The van der Waals surface area contributed by atoms with Crippen LogP contribution in [0.15, 0.2) is 0 Å². The molecule has 0 radical (unpaired) electrons. The van der Waals surface area contributed by atoms with Crippen molar-refractivity contribution in [2.45, 2.75) is 60.3 Å². The third kappa shape index (κ3) is 2.04. The van der Waals surface area contributed by atoms with Crippen LogP contribution >= 0.6 is 0 Å². The molecule has 1 amide bonds. The third-order valence-corrected chi connectivity index (χ3v) is 9.20. The first-order chi connectivity index (χ1) is 11.3. The number of amides is 1. The maximum atomic E-state index is 12.4. The highest BCUT2D eigenvalue weighted by Gasteiger charge is 2.69. The predicted octanol–water partition coefficient (Wildman–Crippen LogP) is 4.60. The summed E-state index contributed by atoms with van der Waals surface area (Å²) in [6, 6.07) is 0. The predicted molar refractivity (Wildman–Crippen MR) is 98.2 cm³/mol. The summed E-state index contributed by atoms with van der Waals surface area (Å²) in [5.74, 6) is 8.47. The van der Waals surface area contributed by atoms with Gasteiger partial charge in [-0.2, -0.15) is 0 Å². The average molecular weight is 332 g/mol. The fourth-order valence-electron chi connectivity index (χ4n) is 8.40. The van der Waals surface area contributed by atoms with E-state index in [1.165, 1.54) is 25.7 Å². The molecule has 4 bridgehead atoms. The molecule has 2 nitrogen and oxygen atoms in total. The zero-order valence-electron chi connectivity index (χ0n) is 16.5. The second-order valence-corrected chi connectivity index (χ2v) is 10.5. The van der Waals surface area contributed by atoms with E-state index in [2.05, 4.69) is 39.9 Å². The molecule has 0 aromatic rings. The largest absolute Gasteiger partial charge is 0.359 e. The van der Waals surface area contributed by atoms with Gasteiger partial charge in [0.1, 0.15) is 0 Å². The molecule has 0 aromatic carbocycles. The van der Waals surface area contributed by atoms with E-state index in [-0.39, 0.29) is 0 Å². The van der Waals surface area contributed by atoms with Crippen LogP contribution < -0.4 is 5.32 Å². The summed E-state index contributed by atoms with van der Waals surface area (Å²) in [4.78, 5) is 12.4. The van der Waals surface area contributed by atoms with Crippen LogP contribution in [0.3, 0.4) is 0 Å². The lowest BCUT2D eigenvalue weighted by Crippen LogP contribution is -2.48. The van der Waals surface area contributed by atoms with Crippen molar-refractivity contribution in [2.24, 2.45) is 64.6 Å². The Morgan fingerprint density at radius 2 is 1.79 bits per heavy atom. The average Bonchev–Trinajstić information content (AvgIpc) is 3.28. The van der Waals surface area contributed by atoms with E-state index in [9.17, 15) is 4.79 Å². The fourth-order valence-corrected chi connectivity index (χ4v) is 8.40. The van der Waals surface area contributed by atoms with E-state index in [1.807, 2.05) is 7.05 Å². The molecule has 0 aliphatic heterocycles. The van der Waals surface area contributed by atoms with Crippen LogP contribution in [0, 0.1) is 64.6 Å². The maximum absolute atomic E-state index is 12.4. The summed E-state index contributed by atoms with van der Waals surface area (Å²) in [6.45, 7) is 12.4. The highest BCUT2D eigenvalue weighted by Crippen LogP contribution is 2.74. The zero-order valence-corrected chi connectivity index (χ0v) is 16.5. The number of rotatable bonds is 4. The Kier molecular flexibility index (Phi) is 3.86. The molecule has 2 heteroatoms. The zero-order chi connectivity index (χ0) is 17.4. The van der Waals surface area contributed by atoms with Crippen LogP contribution in [0.2, 0.25) is 0 Å². The topological polar surface area (TPSA) is 29.1 Å². The molecule has 0 saturated heterocycles. The minimum absolute atomic E-state index is 0.323. The molecule has 4 fully saturated rings. The number of hydrogen-bond donors (Lipinski definition) is 1. The molecule has 136 valence electrons. The van der Waals surface area contributed by atoms with Crippen LogP contribution in [0.1, 0.15) is 60.3 Å². The van der Waals surface area contributed by atoms with Gasteiger partial charge in [0.25, 0.3) is 0 Å². The van der Waals surface area contributed by atoms with Gasteiger partial charge in [-0.25, -0.2) is 0 Å². The first kappa shape index (κ1) is 16.9. The van der Waals surface area contributed by atoms with Crippen molar-refractivity contribution in [3.05, 3.63) is 0 Å². The van der Waals surface area contributed by atoms with Crippen molar-refractivity contribution in [3.63, 3.8) is 0 Å². The number of carbonyl (C=O) groups is 1. The summed E-state index contributed by atoms with van der Waals surface area (Å²) in [6.07, 6.45) is 5.29. The molecule has 24 heavy (non-hydrogen) atoms. The van der Waals surface area contributed by atoms with E-state index in [0.29, 0.717) is 23.2 Å². The van der Waals surface area contributed by atoms with Gasteiger partial charge in [-0.3, -0.25) is 4.79 Å².